The van der Waals surface area contributed by atoms with Crippen LogP contribution in [0.15, 0.2) is 18.2 Å². The molecule has 0 aromatic heterocycles. The van der Waals surface area contributed by atoms with Crippen molar-refractivity contribution in [3.8, 4) is 0 Å². The van der Waals surface area contributed by atoms with Crippen LogP contribution in [0.25, 0.3) is 0 Å². The van der Waals surface area contributed by atoms with Crippen molar-refractivity contribution in [2.45, 2.75) is 39.3 Å². The minimum absolute atomic E-state index is 0.136. The summed E-state index contributed by atoms with van der Waals surface area (Å²) >= 11 is 0. The fraction of sp³-hybridized carbons (Fsp3) is 0.538. The van der Waals surface area contributed by atoms with E-state index in [4.69, 9.17) is 5.11 Å². The summed E-state index contributed by atoms with van der Waals surface area (Å²) < 4.78 is 0. The van der Waals surface area contributed by atoms with E-state index in [2.05, 4.69) is 30.9 Å². The van der Waals surface area contributed by atoms with Gasteiger partial charge in [0.05, 0.1) is 6.61 Å². The van der Waals surface area contributed by atoms with Gasteiger partial charge in [-0.25, -0.2) is 0 Å². The minimum atomic E-state index is 0.136. The summed E-state index contributed by atoms with van der Waals surface area (Å²) in [6, 6.07) is 6.90. The van der Waals surface area contributed by atoms with E-state index in [0.717, 1.165) is 5.56 Å². The molecule has 1 saturated heterocycles. The van der Waals surface area contributed by atoms with Crippen molar-refractivity contribution < 1.29 is 5.11 Å². The molecule has 0 bridgehead atoms. The second kappa shape index (κ2) is 4.23. The van der Waals surface area contributed by atoms with Crippen molar-refractivity contribution in [1.82, 2.24) is 0 Å². The first kappa shape index (κ1) is 10.5. The summed E-state index contributed by atoms with van der Waals surface area (Å²) in [4.78, 5) is 2.47. The van der Waals surface area contributed by atoms with E-state index in [9.17, 15) is 0 Å². The molecule has 0 radical (unpaired) electrons. The lowest BCUT2D eigenvalue weighted by Crippen LogP contribution is -2.26. The maximum absolute atomic E-state index is 9.06. The van der Waals surface area contributed by atoms with E-state index < -0.39 is 0 Å². The molecule has 1 aromatic carbocycles. The van der Waals surface area contributed by atoms with Gasteiger partial charge in [0.2, 0.25) is 0 Å². The highest BCUT2D eigenvalue weighted by atomic mass is 16.3. The van der Waals surface area contributed by atoms with Gasteiger partial charge in [-0.1, -0.05) is 12.1 Å². The predicted octanol–water partition coefficient (Wildman–Crippen LogP) is 2.48. The molecular weight excluding hydrogens is 186 g/mol. The standard InChI is InChI=1S/C13H19NO/c1-10-8-12(9-15)5-6-13(10)14-7-3-4-11(14)2/h5-6,8,11,15H,3-4,7,9H2,1-2H3. The molecule has 0 aliphatic carbocycles. The van der Waals surface area contributed by atoms with Crippen molar-refractivity contribution in [3.05, 3.63) is 29.3 Å². The number of aliphatic hydroxyl groups is 1. The summed E-state index contributed by atoms with van der Waals surface area (Å²) in [6.45, 7) is 5.71. The van der Waals surface area contributed by atoms with Crippen LogP contribution in [-0.4, -0.2) is 17.7 Å². The number of benzene rings is 1. The van der Waals surface area contributed by atoms with Gasteiger partial charge in [0.25, 0.3) is 0 Å². The van der Waals surface area contributed by atoms with Gasteiger partial charge in [0.15, 0.2) is 0 Å². The van der Waals surface area contributed by atoms with Crippen LogP contribution >= 0.6 is 0 Å². The van der Waals surface area contributed by atoms with Crippen LogP contribution in [0.2, 0.25) is 0 Å². The third-order valence-electron chi connectivity index (χ3n) is 3.31. The number of hydrogen-bond donors (Lipinski definition) is 1. The fourth-order valence-corrected chi connectivity index (χ4v) is 2.43. The lowest BCUT2D eigenvalue weighted by molar-refractivity contribution is 0.282. The smallest absolute Gasteiger partial charge is 0.0681 e. The summed E-state index contributed by atoms with van der Waals surface area (Å²) in [5.41, 5.74) is 3.61. The highest BCUT2D eigenvalue weighted by Gasteiger charge is 2.21. The maximum atomic E-state index is 9.06. The molecule has 2 nitrogen and oxygen atoms in total. The maximum Gasteiger partial charge on any atom is 0.0681 e. The van der Waals surface area contributed by atoms with E-state index in [0.29, 0.717) is 6.04 Å². The van der Waals surface area contributed by atoms with Crippen molar-refractivity contribution in [2.24, 2.45) is 0 Å². The van der Waals surface area contributed by atoms with Crippen LogP contribution < -0.4 is 4.90 Å². The monoisotopic (exact) mass is 205 g/mol. The zero-order valence-electron chi connectivity index (χ0n) is 9.53. The van der Waals surface area contributed by atoms with Gasteiger partial charge in [0.1, 0.15) is 0 Å². The molecular formula is C13H19NO. The van der Waals surface area contributed by atoms with E-state index >= 15 is 0 Å². The Labute approximate surface area is 91.5 Å². The molecule has 15 heavy (non-hydrogen) atoms. The van der Waals surface area contributed by atoms with Gasteiger partial charge in [0, 0.05) is 18.3 Å². The van der Waals surface area contributed by atoms with Crippen LogP contribution in [0.3, 0.4) is 0 Å². The third-order valence-corrected chi connectivity index (χ3v) is 3.31. The van der Waals surface area contributed by atoms with E-state index in [1.807, 2.05) is 6.07 Å². The molecule has 1 N–H and O–H groups in total. The van der Waals surface area contributed by atoms with Crippen molar-refractivity contribution in [3.63, 3.8) is 0 Å². The van der Waals surface area contributed by atoms with E-state index in [-0.39, 0.29) is 6.61 Å². The van der Waals surface area contributed by atoms with E-state index in [1.54, 1.807) is 0 Å². The van der Waals surface area contributed by atoms with Crippen LogP contribution in [0.1, 0.15) is 30.9 Å². The number of aryl methyl sites for hydroxylation is 1. The van der Waals surface area contributed by atoms with Crippen molar-refractivity contribution >= 4 is 5.69 Å². The molecule has 1 heterocycles. The van der Waals surface area contributed by atoms with Crippen molar-refractivity contribution in [2.75, 3.05) is 11.4 Å². The minimum Gasteiger partial charge on any atom is -0.392 e. The normalized spacial score (nSPS) is 21.0. The first-order valence-electron chi connectivity index (χ1n) is 5.69. The number of anilines is 1. The first-order valence-corrected chi connectivity index (χ1v) is 5.69. The lowest BCUT2D eigenvalue weighted by Gasteiger charge is -2.25. The van der Waals surface area contributed by atoms with Gasteiger partial charge in [-0.15, -0.1) is 0 Å². The Bertz CT molecular complexity index is 348. The Morgan fingerprint density at radius 3 is 2.80 bits per heavy atom. The van der Waals surface area contributed by atoms with Gasteiger partial charge in [-0.3, -0.25) is 0 Å². The molecule has 1 atom stereocenters. The quantitative estimate of drug-likeness (QED) is 0.801. The lowest BCUT2D eigenvalue weighted by atomic mass is 10.1. The second-order valence-electron chi connectivity index (χ2n) is 4.46. The Balaban J connectivity index is 2.28. The number of hydrogen-bond acceptors (Lipinski definition) is 2. The molecule has 82 valence electrons. The molecule has 1 aliphatic rings. The molecule has 2 rings (SSSR count). The molecule has 2 heteroatoms. The molecule has 1 unspecified atom stereocenters. The zero-order chi connectivity index (χ0) is 10.8. The number of rotatable bonds is 2. The number of nitrogens with zero attached hydrogens (tertiary/aromatic N) is 1. The average molecular weight is 205 g/mol. The Morgan fingerprint density at radius 2 is 2.27 bits per heavy atom. The summed E-state index contributed by atoms with van der Waals surface area (Å²) in [5, 5.41) is 9.06. The number of aliphatic hydroxyl groups excluding tert-OH is 1. The summed E-state index contributed by atoms with van der Waals surface area (Å²) in [5.74, 6) is 0. The molecule has 0 saturated carbocycles. The molecule has 1 aliphatic heterocycles. The third kappa shape index (κ3) is 2.00. The Hall–Kier alpha value is -1.02. The zero-order valence-corrected chi connectivity index (χ0v) is 9.53. The molecule has 1 fully saturated rings. The highest BCUT2D eigenvalue weighted by Crippen LogP contribution is 2.28. The summed E-state index contributed by atoms with van der Waals surface area (Å²) in [7, 11) is 0. The van der Waals surface area contributed by atoms with Gasteiger partial charge < -0.3 is 10.0 Å². The van der Waals surface area contributed by atoms with Crippen molar-refractivity contribution in [1.29, 1.82) is 0 Å². The van der Waals surface area contributed by atoms with E-state index in [1.165, 1.54) is 30.6 Å². The van der Waals surface area contributed by atoms with Gasteiger partial charge >= 0.3 is 0 Å². The fourth-order valence-electron chi connectivity index (χ4n) is 2.43. The molecule has 1 aromatic rings. The topological polar surface area (TPSA) is 23.5 Å². The molecule has 0 amide bonds. The molecule has 0 spiro atoms. The Kier molecular flexibility index (Phi) is 2.96. The largest absolute Gasteiger partial charge is 0.392 e. The highest BCUT2D eigenvalue weighted by molar-refractivity contribution is 5.55. The first-order chi connectivity index (χ1) is 7.22. The van der Waals surface area contributed by atoms with Crippen LogP contribution in [-0.2, 0) is 6.61 Å². The Morgan fingerprint density at radius 1 is 1.47 bits per heavy atom. The average Bonchev–Trinajstić information content (AvgIpc) is 2.64. The summed E-state index contributed by atoms with van der Waals surface area (Å²) in [6.07, 6.45) is 2.59. The van der Waals surface area contributed by atoms with Crippen LogP contribution in [0, 0.1) is 6.92 Å². The van der Waals surface area contributed by atoms with Crippen LogP contribution in [0.4, 0.5) is 5.69 Å². The van der Waals surface area contributed by atoms with Gasteiger partial charge in [-0.05, 0) is 43.9 Å². The van der Waals surface area contributed by atoms with Crippen LogP contribution in [0.5, 0.6) is 0 Å². The SMILES string of the molecule is Cc1cc(CO)ccc1N1CCCC1C. The predicted molar refractivity (Wildman–Crippen MR) is 63.1 cm³/mol. The van der Waals surface area contributed by atoms with Gasteiger partial charge in [-0.2, -0.15) is 0 Å². The second-order valence-corrected chi connectivity index (χ2v) is 4.46.